The van der Waals surface area contributed by atoms with Crippen LogP contribution in [0.2, 0.25) is 0 Å². The summed E-state index contributed by atoms with van der Waals surface area (Å²) in [5, 5.41) is 14.0. The normalized spacial score (nSPS) is 11.1. The highest BCUT2D eigenvalue weighted by Gasteiger charge is 2.19. The molecule has 10 nitrogen and oxygen atoms in total. The van der Waals surface area contributed by atoms with Crippen LogP contribution in [0.3, 0.4) is 0 Å². The number of aromatic amines is 1. The van der Waals surface area contributed by atoms with Crippen LogP contribution in [0.1, 0.15) is 41.5 Å². The minimum absolute atomic E-state index is 0.368. The van der Waals surface area contributed by atoms with E-state index in [0.29, 0.717) is 23.6 Å². The van der Waals surface area contributed by atoms with E-state index in [1.54, 1.807) is 12.3 Å². The van der Waals surface area contributed by atoms with Crippen molar-refractivity contribution in [2.75, 3.05) is 7.11 Å². The second-order valence-electron chi connectivity index (χ2n) is 8.11. The zero-order valence-corrected chi connectivity index (χ0v) is 19.5. The number of H-pyrrole nitrogens is 1. The van der Waals surface area contributed by atoms with Crippen molar-refractivity contribution >= 4 is 17.0 Å². The van der Waals surface area contributed by atoms with Gasteiger partial charge in [-0.05, 0) is 40.1 Å². The Morgan fingerprint density at radius 2 is 2.00 bits per heavy atom. The van der Waals surface area contributed by atoms with E-state index >= 15 is 0 Å². The van der Waals surface area contributed by atoms with Gasteiger partial charge in [0.2, 0.25) is 0 Å². The number of rotatable bonds is 8. The van der Waals surface area contributed by atoms with Gasteiger partial charge >= 0.3 is 5.97 Å². The van der Waals surface area contributed by atoms with Crippen molar-refractivity contribution in [3.63, 3.8) is 0 Å². The predicted octanol–water partition coefficient (Wildman–Crippen LogP) is 3.85. The monoisotopic (exact) mass is 468 g/mol. The molecule has 0 aliphatic carbocycles. The van der Waals surface area contributed by atoms with Crippen molar-refractivity contribution in [3.05, 3.63) is 71.9 Å². The lowest BCUT2D eigenvalue weighted by Gasteiger charge is -2.12. The number of imidazole rings is 1. The molecule has 0 aliphatic rings. The Morgan fingerprint density at radius 3 is 2.74 bits per heavy atom. The van der Waals surface area contributed by atoms with E-state index in [1.807, 2.05) is 24.3 Å². The van der Waals surface area contributed by atoms with E-state index in [4.69, 9.17) is 9.72 Å². The molecule has 0 radical (unpaired) electrons. The van der Waals surface area contributed by atoms with Crippen LogP contribution in [-0.4, -0.2) is 53.2 Å². The highest BCUT2D eigenvalue weighted by atomic mass is 16.5. The number of fused-ring (bicyclic) bond motifs is 1. The number of ether oxygens (including phenoxy) is 1. The molecule has 0 unspecified atom stereocenters. The van der Waals surface area contributed by atoms with Crippen molar-refractivity contribution in [2.45, 2.75) is 32.7 Å². The molecule has 0 atom stereocenters. The Bertz CT molecular complexity index is 1460. The summed E-state index contributed by atoms with van der Waals surface area (Å²) in [7, 11) is 1.40. The molecule has 176 valence electrons. The first-order valence-electron chi connectivity index (χ1n) is 11.4. The van der Waals surface area contributed by atoms with Crippen LogP contribution in [0.4, 0.5) is 0 Å². The Morgan fingerprint density at radius 1 is 1.14 bits per heavy atom. The van der Waals surface area contributed by atoms with E-state index < -0.39 is 0 Å². The number of aryl methyl sites for hydroxylation is 1. The van der Waals surface area contributed by atoms with Crippen molar-refractivity contribution in [1.29, 1.82) is 0 Å². The first kappa shape index (κ1) is 22.3. The zero-order chi connectivity index (χ0) is 24.2. The number of hydrogen-bond acceptors (Lipinski definition) is 8. The molecule has 3 aromatic heterocycles. The van der Waals surface area contributed by atoms with Crippen molar-refractivity contribution < 1.29 is 9.53 Å². The van der Waals surface area contributed by atoms with E-state index in [2.05, 4.69) is 54.2 Å². The number of aromatic nitrogens is 8. The summed E-state index contributed by atoms with van der Waals surface area (Å²) in [6, 6.07) is 13.7. The third-order valence-electron chi connectivity index (χ3n) is 5.89. The summed E-state index contributed by atoms with van der Waals surface area (Å²) in [6.45, 7) is 2.73. The second-order valence-corrected chi connectivity index (χ2v) is 8.11. The number of methoxy groups -OCH3 is 1. The van der Waals surface area contributed by atoms with Crippen LogP contribution in [0, 0.1) is 0 Å². The van der Waals surface area contributed by atoms with Gasteiger partial charge in [0, 0.05) is 24.7 Å². The van der Waals surface area contributed by atoms with Crippen molar-refractivity contribution in [3.8, 4) is 22.6 Å². The van der Waals surface area contributed by atoms with Crippen LogP contribution in [0.25, 0.3) is 33.7 Å². The minimum atomic E-state index is -0.368. The van der Waals surface area contributed by atoms with Gasteiger partial charge in [-0.15, -0.1) is 5.10 Å². The largest absolute Gasteiger partial charge is 0.465 e. The van der Waals surface area contributed by atoms with Gasteiger partial charge in [0.05, 0.1) is 23.7 Å². The summed E-state index contributed by atoms with van der Waals surface area (Å²) < 4.78 is 7.17. The Hall–Kier alpha value is -4.47. The third kappa shape index (κ3) is 4.37. The van der Waals surface area contributed by atoms with E-state index in [0.717, 1.165) is 52.8 Å². The first-order valence-corrected chi connectivity index (χ1v) is 11.4. The Kier molecular flexibility index (Phi) is 6.25. The third-order valence-corrected chi connectivity index (χ3v) is 5.89. The number of carbonyl (C=O) groups excluding carboxylic acids is 1. The summed E-state index contributed by atoms with van der Waals surface area (Å²) in [5.41, 5.74) is 5.57. The van der Waals surface area contributed by atoms with Gasteiger partial charge < -0.3 is 9.30 Å². The van der Waals surface area contributed by atoms with E-state index in [-0.39, 0.29) is 5.97 Å². The van der Waals surface area contributed by atoms with Gasteiger partial charge in [0.1, 0.15) is 17.8 Å². The molecule has 0 bridgehead atoms. The Balaban J connectivity index is 1.52. The van der Waals surface area contributed by atoms with Crippen LogP contribution in [0.5, 0.6) is 0 Å². The fourth-order valence-electron chi connectivity index (χ4n) is 4.17. The number of nitrogens with zero attached hydrogens (tertiary/aromatic N) is 7. The van der Waals surface area contributed by atoms with Gasteiger partial charge in [-0.25, -0.2) is 24.8 Å². The quantitative estimate of drug-likeness (QED) is 0.341. The van der Waals surface area contributed by atoms with Crippen LogP contribution in [0.15, 0.2) is 55.0 Å². The number of carbonyl (C=O) groups is 1. The molecular formula is C25H24N8O2. The molecule has 2 aromatic carbocycles. The SMILES string of the molecule is CCCCc1nc2cccc(C(=O)OC)c2n1Cc1ccc(-c2cncnc2-c2nnn[nH]2)cc1. The molecular weight excluding hydrogens is 444 g/mol. The molecule has 35 heavy (non-hydrogen) atoms. The topological polar surface area (TPSA) is 124 Å². The average molecular weight is 469 g/mol. The molecule has 5 aromatic rings. The van der Waals surface area contributed by atoms with Gasteiger partial charge in [0.15, 0.2) is 5.82 Å². The lowest BCUT2D eigenvalue weighted by molar-refractivity contribution is 0.0602. The highest BCUT2D eigenvalue weighted by molar-refractivity contribution is 6.02. The molecule has 5 rings (SSSR count). The molecule has 0 fully saturated rings. The van der Waals surface area contributed by atoms with E-state index in [9.17, 15) is 4.79 Å². The molecule has 0 saturated heterocycles. The highest BCUT2D eigenvalue weighted by Crippen LogP contribution is 2.28. The number of tetrazole rings is 1. The van der Waals surface area contributed by atoms with Crippen LogP contribution >= 0.6 is 0 Å². The maximum atomic E-state index is 12.5. The van der Waals surface area contributed by atoms with Gasteiger partial charge in [-0.2, -0.15) is 0 Å². The lowest BCUT2D eigenvalue weighted by atomic mass is 10.0. The molecule has 10 heteroatoms. The Labute approximate surface area is 201 Å². The zero-order valence-electron chi connectivity index (χ0n) is 19.5. The maximum Gasteiger partial charge on any atom is 0.340 e. The second kappa shape index (κ2) is 9.80. The maximum absolute atomic E-state index is 12.5. The average Bonchev–Trinajstić information content (AvgIpc) is 3.56. The van der Waals surface area contributed by atoms with Crippen molar-refractivity contribution in [1.82, 2.24) is 40.1 Å². The summed E-state index contributed by atoms with van der Waals surface area (Å²) >= 11 is 0. The number of benzene rings is 2. The summed E-state index contributed by atoms with van der Waals surface area (Å²) in [5.74, 6) is 1.07. The predicted molar refractivity (Wildman–Crippen MR) is 129 cm³/mol. The van der Waals surface area contributed by atoms with Crippen molar-refractivity contribution in [2.24, 2.45) is 0 Å². The lowest BCUT2D eigenvalue weighted by Crippen LogP contribution is -2.09. The number of nitrogens with one attached hydrogen (secondary N) is 1. The summed E-state index contributed by atoms with van der Waals surface area (Å²) in [6.07, 6.45) is 6.12. The molecule has 1 N–H and O–H groups in total. The molecule has 0 amide bonds. The number of unbranched alkanes of at least 4 members (excludes halogenated alkanes) is 1. The molecule has 0 saturated carbocycles. The fraction of sp³-hybridized carbons (Fsp3) is 0.240. The van der Waals surface area contributed by atoms with Gasteiger partial charge in [-0.3, -0.25) is 0 Å². The molecule has 0 spiro atoms. The number of hydrogen-bond donors (Lipinski definition) is 1. The standard InChI is InChI=1S/C25H24N8O2/c1-3-4-8-21-28-20-7-5-6-18(25(34)35-2)23(20)33(21)14-16-9-11-17(12-10-16)19-13-26-15-27-22(19)24-29-31-32-30-24/h5-7,9-13,15H,3-4,8,14H2,1-2H3,(H,29,30,31,32). The molecule has 3 heterocycles. The van der Waals surface area contributed by atoms with Crippen LogP contribution < -0.4 is 0 Å². The first-order chi connectivity index (χ1) is 17.2. The van der Waals surface area contributed by atoms with Gasteiger partial charge in [-0.1, -0.05) is 43.7 Å². The minimum Gasteiger partial charge on any atom is -0.465 e. The smallest absolute Gasteiger partial charge is 0.340 e. The number of para-hydroxylation sites is 1. The van der Waals surface area contributed by atoms with Gasteiger partial charge in [0.25, 0.3) is 0 Å². The summed E-state index contributed by atoms with van der Waals surface area (Å²) in [4.78, 5) is 25.9. The van der Waals surface area contributed by atoms with Crippen LogP contribution in [-0.2, 0) is 17.7 Å². The molecule has 0 aliphatic heterocycles. The fourth-order valence-corrected chi connectivity index (χ4v) is 4.17. The van der Waals surface area contributed by atoms with E-state index in [1.165, 1.54) is 13.4 Å². The number of esters is 1.